The van der Waals surface area contributed by atoms with Crippen molar-refractivity contribution in [3.05, 3.63) is 58.1 Å². The minimum Gasteiger partial charge on any atom is -0.383 e. The Morgan fingerprint density at radius 1 is 1.16 bits per heavy atom. The van der Waals surface area contributed by atoms with Gasteiger partial charge in [-0.3, -0.25) is 14.9 Å². The number of sulfonamides is 1. The van der Waals surface area contributed by atoms with Crippen molar-refractivity contribution in [3.8, 4) is 0 Å². The molecule has 0 aliphatic rings. The molecule has 0 heterocycles. The van der Waals surface area contributed by atoms with Gasteiger partial charge < -0.3 is 15.4 Å². The zero-order chi connectivity index (χ0) is 23.0. The molecule has 11 heteroatoms. The molecule has 0 atom stereocenters. The number of nitrogens with one attached hydrogen (secondary N) is 2. The number of hydrogen-bond donors (Lipinski definition) is 2. The average Bonchev–Trinajstić information content (AvgIpc) is 2.74. The van der Waals surface area contributed by atoms with E-state index in [1.54, 1.807) is 19.9 Å². The van der Waals surface area contributed by atoms with Crippen LogP contribution in [0.4, 0.5) is 17.1 Å². The maximum absolute atomic E-state index is 12.9. The van der Waals surface area contributed by atoms with E-state index in [2.05, 4.69) is 10.6 Å². The van der Waals surface area contributed by atoms with Gasteiger partial charge in [-0.05, 0) is 24.3 Å². The summed E-state index contributed by atoms with van der Waals surface area (Å²) in [5, 5.41) is 16.8. The third kappa shape index (κ3) is 6.00. The molecule has 2 rings (SSSR count). The first-order chi connectivity index (χ1) is 14.7. The van der Waals surface area contributed by atoms with Gasteiger partial charge in [0, 0.05) is 50.3 Å². The zero-order valence-electron chi connectivity index (χ0n) is 17.6. The third-order valence-electron chi connectivity index (χ3n) is 4.52. The Morgan fingerprint density at radius 2 is 1.87 bits per heavy atom. The summed E-state index contributed by atoms with van der Waals surface area (Å²) < 4.78 is 31.8. The van der Waals surface area contributed by atoms with Crippen LogP contribution in [0.25, 0.3) is 0 Å². The molecule has 0 aliphatic carbocycles. The minimum absolute atomic E-state index is 0.0477. The highest BCUT2D eigenvalue weighted by molar-refractivity contribution is 7.89. The van der Waals surface area contributed by atoms with Gasteiger partial charge in [0.2, 0.25) is 10.0 Å². The minimum atomic E-state index is -3.70. The number of amides is 1. The van der Waals surface area contributed by atoms with Crippen LogP contribution in [0.3, 0.4) is 0 Å². The van der Waals surface area contributed by atoms with Gasteiger partial charge in [0.1, 0.15) is 0 Å². The molecule has 0 fully saturated rings. The summed E-state index contributed by atoms with van der Waals surface area (Å²) in [6.45, 7) is 4.90. The number of methoxy groups -OCH3 is 1. The third-order valence-corrected chi connectivity index (χ3v) is 6.56. The zero-order valence-corrected chi connectivity index (χ0v) is 18.4. The number of carbonyl (C=O) groups excluding carboxylic acids is 1. The number of nitro benzene ring substituents is 1. The molecule has 0 saturated heterocycles. The summed E-state index contributed by atoms with van der Waals surface area (Å²) in [5.41, 5.74) is 0.474. The highest BCUT2D eigenvalue weighted by Crippen LogP contribution is 2.25. The van der Waals surface area contributed by atoms with Crippen molar-refractivity contribution in [2.24, 2.45) is 0 Å². The van der Waals surface area contributed by atoms with E-state index >= 15 is 0 Å². The Bertz CT molecular complexity index is 1040. The van der Waals surface area contributed by atoms with E-state index in [1.807, 2.05) is 0 Å². The van der Waals surface area contributed by atoms with Gasteiger partial charge in [0.25, 0.3) is 11.6 Å². The van der Waals surface area contributed by atoms with Crippen LogP contribution in [-0.4, -0.2) is 56.9 Å². The van der Waals surface area contributed by atoms with E-state index in [0.29, 0.717) is 31.9 Å². The summed E-state index contributed by atoms with van der Waals surface area (Å²) in [7, 11) is -2.17. The van der Waals surface area contributed by atoms with Crippen LogP contribution in [0.5, 0.6) is 0 Å². The van der Waals surface area contributed by atoms with Gasteiger partial charge in [-0.2, -0.15) is 4.31 Å². The Hall–Kier alpha value is -3.02. The largest absolute Gasteiger partial charge is 0.383 e. The van der Waals surface area contributed by atoms with Gasteiger partial charge in [0.05, 0.1) is 22.0 Å². The summed E-state index contributed by atoms with van der Waals surface area (Å²) in [6.07, 6.45) is 0. The lowest BCUT2D eigenvalue weighted by atomic mass is 10.1. The van der Waals surface area contributed by atoms with Crippen LogP contribution < -0.4 is 10.6 Å². The molecule has 1 amide bonds. The number of nitrogens with zero attached hydrogens (tertiary/aromatic N) is 2. The quantitative estimate of drug-likeness (QED) is 0.306. The first-order valence-corrected chi connectivity index (χ1v) is 11.1. The van der Waals surface area contributed by atoms with Gasteiger partial charge >= 0.3 is 0 Å². The number of rotatable bonds is 11. The van der Waals surface area contributed by atoms with E-state index in [0.717, 1.165) is 0 Å². The number of nitro groups is 1. The van der Waals surface area contributed by atoms with Crippen LogP contribution in [0, 0.1) is 10.1 Å². The SMILES string of the molecule is CCN(CC)S(=O)(=O)c1cccc(NC(=O)c2cc([N+](=O)[O-])ccc2NCCOC)c1. The molecule has 168 valence electrons. The molecule has 0 bridgehead atoms. The van der Waals surface area contributed by atoms with E-state index in [1.165, 1.54) is 47.8 Å². The van der Waals surface area contributed by atoms with Crippen molar-refractivity contribution < 1.29 is 22.9 Å². The molecule has 0 aliphatic heterocycles. The normalized spacial score (nSPS) is 11.4. The predicted octanol–water partition coefficient (Wildman–Crippen LogP) is 2.94. The number of anilines is 2. The van der Waals surface area contributed by atoms with Gasteiger partial charge in [-0.15, -0.1) is 0 Å². The van der Waals surface area contributed by atoms with Gasteiger partial charge in [0.15, 0.2) is 0 Å². The fraction of sp³-hybridized carbons (Fsp3) is 0.350. The number of benzene rings is 2. The molecule has 0 saturated carbocycles. The van der Waals surface area contributed by atoms with Crippen molar-refractivity contribution in [3.63, 3.8) is 0 Å². The highest BCUT2D eigenvalue weighted by atomic mass is 32.2. The molecule has 2 aromatic carbocycles. The fourth-order valence-corrected chi connectivity index (χ4v) is 4.43. The standard InChI is InChI=1S/C20H26N4O6S/c1-4-23(5-2)31(28,29)17-8-6-7-15(13-17)22-20(25)18-14-16(24(26)27)9-10-19(18)21-11-12-30-3/h6-10,13-14,21H,4-5,11-12H2,1-3H3,(H,22,25). The van der Waals surface area contributed by atoms with Crippen LogP contribution >= 0.6 is 0 Å². The summed E-state index contributed by atoms with van der Waals surface area (Å²) >= 11 is 0. The lowest BCUT2D eigenvalue weighted by Gasteiger charge is -2.19. The van der Waals surface area contributed by atoms with Crippen molar-refractivity contribution in [2.75, 3.05) is 44.0 Å². The Morgan fingerprint density at radius 3 is 2.48 bits per heavy atom. The molecule has 0 spiro atoms. The van der Waals surface area contributed by atoms with Crippen molar-refractivity contribution >= 4 is 33.0 Å². The second-order valence-corrected chi connectivity index (χ2v) is 8.42. The predicted molar refractivity (Wildman–Crippen MR) is 118 cm³/mol. The maximum atomic E-state index is 12.9. The Kier molecular flexibility index (Phi) is 8.48. The van der Waals surface area contributed by atoms with E-state index < -0.39 is 20.9 Å². The summed E-state index contributed by atoms with van der Waals surface area (Å²) in [4.78, 5) is 23.5. The van der Waals surface area contributed by atoms with E-state index in [9.17, 15) is 23.3 Å². The van der Waals surface area contributed by atoms with E-state index in [-0.39, 0.29) is 21.8 Å². The van der Waals surface area contributed by atoms with Crippen LogP contribution in [0.2, 0.25) is 0 Å². The lowest BCUT2D eigenvalue weighted by Crippen LogP contribution is -2.30. The molecule has 31 heavy (non-hydrogen) atoms. The second kappa shape index (κ2) is 10.8. The first kappa shape index (κ1) is 24.3. The molecule has 2 aromatic rings. The smallest absolute Gasteiger partial charge is 0.270 e. The van der Waals surface area contributed by atoms with Gasteiger partial charge in [-0.25, -0.2) is 8.42 Å². The van der Waals surface area contributed by atoms with Crippen LogP contribution in [0.1, 0.15) is 24.2 Å². The van der Waals surface area contributed by atoms with Crippen LogP contribution in [0.15, 0.2) is 47.4 Å². The summed E-state index contributed by atoms with van der Waals surface area (Å²) in [5.74, 6) is -0.610. The molecular formula is C20H26N4O6S. The molecule has 10 nitrogen and oxygen atoms in total. The molecule has 0 aromatic heterocycles. The Balaban J connectivity index is 2.34. The lowest BCUT2D eigenvalue weighted by molar-refractivity contribution is -0.384. The molecular weight excluding hydrogens is 424 g/mol. The molecule has 2 N–H and O–H groups in total. The maximum Gasteiger partial charge on any atom is 0.270 e. The number of carbonyl (C=O) groups is 1. The van der Waals surface area contributed by atoms with E-state index in [4.69, 9.17) is 4.74 Å². The first-order valence-electron chi connectivity index (χ1n) is 9.67. The number of ether oxygens (including phenoxy) is 1. The Labute approximate surface area is 181 Å². The summed E-state index contributed by atoms with van der Waals surface area (Å²) in [6, 6.07) is 9.80. The van der Waals surface area contributed by atoms with Crippen LogP contribution in [-0.2, 0) is 14.8 Å². The topological polar surface area (TPSA) is 131 Å². The fourth-order valence-electron chi connectivity index (χ4n) is 2.92. The van der Waals surface area contributed by atoms with Gasteiger partial charge in [-0.1, -0.05) is 19.9 Å². The highest BCUT2D eigenvalue weighted by Gasteiger charge is 2.22. The number of non-ortho nitro benzene ring substituents is 1. The van der Waals surface area contributed by atoms with Crippen molar-refractivity contribution in [2.45, 2.75) is 18.7 Å². The van der Waals surface area contributed by atoms with Crippen molar-refractivity contribution in [1.29, 1.82) is 0 Å². The van der Waals surface area contributed by atoms with Crippen molar-refractivity contribution in [1.82, 2.24) is 4.31 Å². The second-order valence-electron chi connectivity index (χ2n) is 6.48. The monoisotopic (exact) mass is 450 g/mol. The molecule has 0 unspecified atom stereocenters. The molecule has 0 radical (unpaired) electrons. The number of hydrogen-bond acceptors (Lipinski definition) is 7. The average molecular weight is 451 g/mol.